The van der Waals surface area contributed by atoms with Crippen LogP contribution in [0.25, 0.3) is 0 Å². The molecule has 2 saturated carbocycles. The molecule has 0 aromatic heterocycles. The summed E-state index contributed by atoms with van der Waals surface area (Å²) in [4.78, 5) is 75.6. The van der Waals surface area contributed by atoms with Gasteiger partial charge in [-0.3, -0.25) is 28.8 Å². The van der Waals surface area contributed by atoms with Crippen LogP contribution >= 0.6 is 0 Å². The summed E-state index contributed by atoms with van der Waals surface area (Å²) < 4.78 is 5.90. The average molecular weight is 812 g/mol. The molecule has 0 spiro atoms. The van der Waals surface area contributed by atoms with Crippen molar-refractivity contribution < 1.29 is 48.8 Å². The molecule has 15 heteroatoms. The number of aliphatic hydroxyl groups is 1. The third kappa shape index (κ3) is 11.0. The van der Waals surface area contributed by atoms with Crippen LogP contribution < -0.4 is 31.3 Å². The van der Waals surface area contributed by atoms with Crippen LogP contribution in [0, 0.1) is 17.3 Å². The van der Waals surface area contributed by atoms with Gasteiger partial charge in [0.05, 0.1) is 19.2 Å². The number of carbonyl (C=O) groups excluding carboxylic acids is 5. The van der Waals surface area contributed by atoms with E-state index in [2.05, 4.69) is 39.6 Å². The number of carbonyl (C=O) groups is 6. The lowest BCUT2D eigenvalue weighted by Gasteiger charge is -2.50. The Morgan fingerprint density at radius 2 is 1.39 bits per heavy atom. The van der Waals surface area contributed by atoms with Crippen LogP contribution in [0.15, 0.2) is 72.8 Å². The van der Waals surface area contributed by atoms with Crippen LogP contribution in [0.3, 0.4) is 0 Å². The van der Waals surface area contributed by atoms with Crippen molar-refractivity contribution in [2.45, 2.75) is 82.4 Å². The molecule has 8 N–H and O–H groups in total. The van der Waals surface area contributed by atoms with E-state index >= 15 is 0 Å². The fourth-order valence-electron chi connectivity index (χ4n) is 9.21. The summed E-state index contributed by atoms with van der Waals surface area (Å²) in [6.07, 6.45) is 5.83. The highest BCUT2D eigenvalue weighted by Gasteiger charge is 2.54. The lowest BCUT2D eigenvalue weighted by molar-refractivity contribution is -0.138. The number of benzene rings is 3. The van der Waals surface area contributed by atoms with Crippen molar-refractivity contribution >= 4 is 35.5 Å². The first-order chi connectivity index (χ1) is 28.3. The van der Waals surface area contributed by atoms with E-state index in [4.69, 9.17) is 9.84 Å². The second kappa shape index (κ2) is 19.2. The first-order valence-electron chi connectivity index (χ1n) is 20.2. The van der Waals surface area contributed by atoms with E-state index < -0.39 is 67.2 Å². The maximum absolute atomic E-state index is 13.4. The third-order valence-electron chi connectivity index (χ3n) is 12.3. The Bertz CT molecular complexity index is 2010. The van der Waals surface area contributed by atoms with Crippen molar-refractivity contribution in [2.24, 2.45) is 17.3 Å². The van der Waals surface area contributed by atoms with Crippen LogP contribution in [0.1, 0.15) is 67.2 Å². The number of fused-ring (bicyclic) bond motifs is 5. The Morgan fingerprint density at radius 3 is 2.08 bits per heavy atom. The molecule has 6 rings (SSSR count). The smallest absolute Gasteiger partial charge is 0.322 e. The molecule has 15 nitrogen and oxygen atoms in total. The number of hydrogen-bond acceptors (Lipinski definition) is 9. The molecule has 3 aromatic carbocycles. The Kier molecular flexibility index (Phi) is 13.9. The average Bonchev–Trinajstić information content (AvgIpc) is 3.54. The van der Waals surface area contributed by atoms with Gasteiger partial charge >= 0.3 is 5.97 Å². The van der Waals surface area contributed by atoms with E-state index in [1.807, 2.05) is 12.1 Å². The standard InChI is InChI=1S/C44H53N5O10/c1-44-18-17-32-31-14-12-30(21-28(31)9-13-33(32)34(44)15-16-37(44)51)59-25-40(54)49-36(20-27-7-10-29(50)11-8-27)42(57)46-22-38(52)45-23-39(53)48-35(43(58)47-24-41(55)56)19-26-5-3-2-4-6-26/h2-8,10-12,14,21,32-37,50-51H,9,13,15-20,22-25H2,1H3,(H,45,52)(H,46,57)(H,47,58)(H,48,53)(H,49,54)(H,55,56)/t32-,33-,34+,35+,36+,37?,44+/m1/s1. The Hall–Kier alpha value is -5.96. The predicted octanol–water partition coefficient (Wildman–Crippen LogP) is 1.88. The first-order valence-corrected chi connectivity index (χ1v) is 20.2. The summed E-state index contributed by atoms with van der Waals surface area (Å²) in [6.45, 7) is 0.186. The second-order valence-electron chi connectivity index (χ2n) is 16.1. The highest BCUT2D eigenvalue weighted by atomic mass is 16.5. The van der Waals surface area contributed by atoms with Crippen molar-refractivity contribution in [1.29, 1.82) is 0 Å². The predicted molar refractivity (Wildman–Crippen MR) is 215 cm³/mol. The summed E-state index contributed by atoms with van der Waals surface area (Å²) in [5.74, 6) is -2.55. The van der Waals surface area contributed by atoms with Crippen LogP contribution in [0.5, 0.6) is 11.5 Å². The van der Waals surface area contributed by atoms with Crippen molar-refractivity contribution in [3.63, 3.8) is 0 Å². The number of carboxylic acid groups (broad SMARTS) is 1. The van der Waals surface area contributed by atoms with Gasteiger partial charge in [-0.05, 0) is 108 Å². The number of aromatic hydroxyl groups is 1. The number of aliphatic hydroxyl groups excluding tert-OH is 1. The number of amides is 5. The second-order valence-corrected chi connectivity index (χ2v) is 16.1. The number of aryl methyl sites for hydroxylation is 1. The summed E-state index contributed by atoms with van der Waals surface area (Å²) in [7, 11) is 0. The van der Waals surface area contributed by atoms with E-state index in [0.29, 0.717) is 34.6 Å². The fraction of sp³-hybridized carbons (Fsp3) is 0.455. The van der Waals surface area contributed by atoms with E-state index in [1.165, 1.54) is 23.3 Å². The Labute approximate surface area is 342 Å². The molecule has 2 fully saturated rings. The largest absolute Gasteiger partial charge is 0.508 e. The van der Waals surface area contributed by atoms with Crippen molar-refractivity contribution in [3.05, 3.63) is 95.1 Å². The third-order valence-corrected chi connectivity index (χ3v) is 12.3. The molecule has 3 aliphatic rings. The number of ether oxygens (including phenoxy) is 1. The van der Waals surface area contributed by atoms with Gasteiger partial charge in [-0.1, -0.05) is 55.5 Å². The molecule has 0 bridgehead atoms. The molecule has 0 aliphatic heterocycles. The number of rotatable bonds is 17. The van der Waals surface area contributed by atoms with Gasteiger partial charge in [0, 0.05) is 12.8 Å². The van der Waals surface area contributed by atoms with Gasteiger partial charge in [-0.15, -0.1) is 0 Å². The van der Waals surface area contributed by atoms with E-state index in [1.54, 1.807) is 42.5 Å². The first kappa shape index (κ1) is 42.6. The lowest BCUT2D eigenvalue weighted by atomic mass is 9.55. The number of carboxylic acids is 1. The fourth-order valence-corrected chi connectivity index (χ4v) is 9.21. The van der Waals surface area contributed by atoms with Gasteiger partial charge in [0.25, 0.3) is 5.91 Å². The molecule has 59 heavy (non-hydrogen) atoms. The molecule has 0 heterocycles. The molecule has 1 unspecified atom stereocenters. The number of phenolic OH excluding ortho intramolecular Hbond substituents is 1. The van der Waals surface area contributed by atoms with E-state index in [0.717, 1.165) is 38.5 Å². The summed E-state index contributed by atoms with van der Waals surface area (Å²) in [5, 5.41) is 41.7. The van der Waals surface area contributed by atoms with Crippen LogP contribution in [0.2, 0.25) is 0 Å². The lowest BCUT2D eigenvalue weighted by Crippen LogP contribution is -2.53. The topological polar surface area (TPSA) is 232 Å². The van der Waals surface area contributed by atoms with Crippen molar-refractivity contribution in [2.75, 3.05) is 26.2 Å². The summed E-state index contributed by atoms with van der Waals surface area (Å²) >= 11 is 0. The SMILES string of the molecule is C[C@]12CC[C@@H]3c4ccc(OCC(=O)N[C@@H](Cc5ccc(O)cc5)C(=O)NCC(=O)NCC(=O)N[C@@H](Cc5ccccc5)C(=O)NCC(=O)O)cc4CC[C@H]3[C@@H]1CCC2O. The summed E-state index contributed by atoms with van der Waals surface area (Å²) in [5.41, 5.74) is 3.88. The number of nitrogens with one attached hydrogen (secondary N) is 5. The zero-order valence-electron chi connectivity index (χ0n) is 33.1. The van der Waals surface area contributed by atoms with Gasteiger partial charge in [0.2, 0.25) is 23.6 Å². The molecule has 3 aliphatic carbocycles. The van der Waals surface area contributed by atoms with Gasteiger partial charge in [-0.25, -0.2) is 0 Å². The molecule has 7 atom stereocenters. The molecule has 0 saturated heterocycles. The molecule has 314 valence electrons. The molecule has 3 aromatic rings. The zero-order valence-corrected chi connectivity index (χ0v) is 33.1. The monoisotopic (exact) mass is 811 g/mol. The quantitative estimate of drug-likeness (QED) is 0.0987. The minimum atomic E-state index is -1.25. The number of phenols is 1. The molecular formula is C44H53N5O10. The maximum Gasteiger partial charge on any atom is 0.322 e. The van der Waals surface area contributed by atoms with Gasteiger partial charge < -0.3 is 46.6 Å². The van der Waals surface area contributed by atoms with Gasteiger partial charge in [0.1, 0.15) is 30.1 Å². The van der Waals surface area contributed by atoms with E-state index in [-0.39, 0.29) is 36.7 Å². The Balaban J connectivity index is 1.00. The van der Waals surface area contributed by atoms with Crippen LogP contribution in [-0.4, -0.2) is 95.3 Å². The number of hydrogen-bond donors (Lipinski definition) is 8. The normalized spacial score (nSPS) is 22.5. The molecule has 5 amide bonds. The zero-order chi connectivity index (χ0) is 42.1. The highest BCUT2D eigenvalue weighted by Crippen LogP contribution is 2.60. The minimum absolute atomic E-state index is 0.000757. The summed E-state index contributed by atoms with van der Waals surface area (Å²) in [6, 6.07) is 18.6. The Morgan fingerprint density at radius 1 is 0.746 bits per heavy atom. The van der Waals surface area contributed by atoms with Crippen LogP contribution in [-0.2, 0) is 48.0 Å². The van der Waals surface area contributed by atoms with Gasteiger partial charge in [0.15, 0.2) is 6.61 Å². The number of aliphatic carboxylic acids is 1. The van der Waals surface area contributed by atoms with Gasteiger partial charge in [-0.2, -0.15) is 0 Å². The highest BCUT2D eigenvalue weighted by molar-refractivity contribution is 5.93. The van der Waals surface area contributed by atoms with E-state index in [9.17, 15) is 39.0 Å². The molecular weight excluding hydrogens is 759 g/mol. The van der Waals surface area contributed by atoms with Crippen LogP contribution in [0.4, 0.5) is 0 Å². The maximum atomic E-state index is 13.4. The van der Waals surface area contributed by atoms with Crippen molar-refractivity contribution in [1.82, 2.24) is 26.6 Å². The minimum Gasteiger partial charge on any atom is -0.508 e. The molecule has 0 radical (unpaired) electrons. The van der Waals surface area contributed by atoms with Crippen molar-refractivity contribution in [3.8, 4) is 11.5 Å².